The highest BCUT2D eigenvalue weighted by atomic mass is 19.4. The molecule has 0 spiro atoms. The minimum atomic E-state index is -4.51. The molecule has 0 aliphatic rings. The molecule has 7 heteroatoms. The number of ether oxygens (including phenoxy) is 1. The molecule has 1 aromatic rings. The first-order chi connectivity index (χ1) is 9.71. The lowest BCUT2D eigenvalue weighted by Gasteiger charge is -2.25. The fourth-order valence-corrected chi connectivity index (χ4v) is 1.59. The smallest absolute Gasteiger partial charge is 0.403 e. The molecule has 0 fully saturated rings. The molecule has 0 aliphatic carbocycles. The van der Waals surface area contributed by atoms with Gasteiger partial charge in [-0.3, -0.25) is 10.1 Å². The second-order valence-corrected chi connectivity index (χ2v) is 4.74. The molecule has 0 heterocycles. The average molecular weight is 305 g/mol. The average Bonchev–Trinajstić information content (AvgIpc) is 2.41. The Morgan fingerprint density at radius 2 is 1.86 bits per heavy atom. The van der Waals surface area contributed by atoms with Crippen molar-refractivity contribution in [2.75, 3.05) is 0 Å². The zero-order valence-electron chi connectivity index (χ0n) is 11.7. The number of hydrogen-bond acceptors (Lipinski definition) is 4. The van der Waals surface area contributed by atoms with Crippen molar-refractivity contribution in [2.24, 2.45) is 0 Å². The highest BCUT2D eigenvalue weighted by Crippen LogP contribution is 2.20. The predicted octanol–water partition coefficient (Wildman–Crippen LogP) is 2.02. The third-order valence-corrected chi connectivity index (χ3v) is 2.88. The van der Waals surface area contributed by atoms with Crippen molar-refractivity contribution in [2.45, 2.75) is 44.8 Å². The van der Waals surface area contributed by atoms with Crippen molar-refractivity contribution >= 4 is 5.97 Å². The molecular weight excluding hydrogens is 287 g/mol. The van der Waals surface area contributed by atoms with Crippen molar-refractivity contribution in [3.8, 4) is 0 Å². The van der Waals surface area contributed by atoms with E-state index in [4.69, 9.17) is 4.74 Å². The number of aliphatic hydroxyl groups is 1. The van der Waals surface area contributed by atoms with Crippen LogP contribution in [-0.4, -0.2) is 35.4 Å². The van der Waals surface area contributed by atoms with Crippen LogP contribution in [0.3, 0.4) is 0 Å². The van der Waals surface area contributed by atoms with Gasteiger partial charge in [0.1, 0.15) is 18.7 Å². The molecule has 2 N–H and O–H groups in total. The Labute approximate surface area is 120 Å². The number of benzene rings is 1. The van der Waals surface area contributed by atoms with E-state index in [0.717, 1.165) is 6.92 Å². The fraction of sp³-hybridized carbons (Fsp3) is 0.500. The third-order valence-electron chi connectivity index (χ3n) is 2.88. The quantitative estimate of drug-likeness (QED) is 0.790. The molecule has 0 amide bonds. The van der Waals surface area contributed by atoms with Crippen LogP contribution in [-0.2, 0) is 16.1 Å². The maximum atomic E-state index is 12.5. The second-order valence-electron chi connectivity index (χ2n) is 4.74. The van der Waals surface area contributed by atoms with E-state index in [1.165, 1.54) is 6.92 Å². The van der Waals surface area contributed by atoms with E-state index in [1.807, 2.05) is 5.32 Å². The van der Waals surface area contributed by atoms with E-state index in [-0.39, 0.29) is 6.61 Å². The zero-order chi connectivity index (χ0) is 16.0. The molecule has 1 rings (SSSR count). The summed E-state index contributed by atoms with van der Waals surface area (Å²) in [5.74, 6) is -0.926. The molecule has 0 aliphatic heterocycles. The SMILES string of the molecule is CC(N[C@H](C(=O)OCc1ccccc1)[C@@H](C)O)C(F)(F)F. The molecule has 4 nitrogen and oxygen atoms in total. The van der Waals surface area contributed by atoms with Crippen molar-refractivity contribution in [3.05, 3.63) is 35.9 Å². The van der Waals surface area contributed by atoms with Crippen molar-refractivity contribution in [3.63, 3.8) is 0 Å². The summed E-state index contributed by atoms with van der Waals surface area (Å²) < 4.78 is 42.4. The Morgan fingerprint density at radius 1 is 1.29 bits per heavy atom. The van der Waals surface area contributed by atoms with Crippen LogP contribution in [0.4, 0.5) is 13.2 Å². The van der Waals surface area contributed by atoms with Crippen LogP contribution in [0.15, 0.2) is 30.3 Å². The number of carbonyl (C=O) groups excluding carboxylic acids is 1. The topological polar surface area (TPSA) is 58.6 Å². The number of esters is 1. The molecule has 0 saturated carbocycles. The monoisotopic (exact) mass is 305 g/mol. The Morgan fingerprint density at radius 3 is 2.33 bits per heavy atom. The number of alkyl halides is 3. The standard InChI is InChI=1S/C14H18F3NO3/c1-9(19)12(18-10(2)14(15,16)17)13(20)21-8-11-6-4-3-5-7-11/h3-7,9-10,12,18-19H,8H2,1-2H3/t9-,10?,12+/m1/s1. The van der Waals surface area contributed by atoms with Gasteiger partial charge in [0.25, 0.3) is 0 Å². The van der Waals surface area contributed by atoms with E-state index in [1.54, 1.807) is 30.3 Å². The number of rotatable bonds is 6. The van der Waals surface area contributed by atoms with Gasteiger partial charge in [-0.15, -0.1) is 0 Å². The third kappa shape index (κ3) is 5.73. The van der Waals surface area contributed by atoms with Crippen LogP contribution in [0.5, 0.6) is 0 Å². The largest absolute Gasteiger partial charge is 0.460 e. The van der Waals surface area contributed by atoms with Gasteiger partial charge in [0, 0.05) is 0 Å². The summed E-state index contributed by atoms with van der Waals surface area (Å²) in [4.78, 5) is 11.8. The van der Waals surface area contributed by atoms with Gasteiger partial charge < -0.3 is 9.84 Å². The van der Waals surface area contributed by atoms with Crippen LogP contribution in [0.2, 0.25) is 0 Å². The molecule has 118 valence electrons. The van der Waals surface area contributed by atoms with Crippen LogP contribution in [0.1, 0.15) is 19.4 Å². The first kappa shape index (κ1) is 17.5. The summed E-state index contributed by atoms with van der Waals surface area (Å²) in [6, 6.07) is 5.36. The minimum absolute atomic E-state index is 0.0645. The number of halogens is 3. The summed E-state index contributed by atoms with van der Waals surface area (Å²) in [6.07, 6.45) is -5.81. The normalized spacial score (nSPS) is 16.1. The van der Waals surface area contributed by atoms with Crippen LogP contribution >= 0.6 is 0 Å². The molecule has 1 unspecified atom stereocenters. The second kappa shape index (κ2) is 7.42. The van der Waals surface area contributed by atoms with Gasteiger partial charge in [0.15, 0.2) is 0 Å². The molecule has 0 aromatic heterocycles. The van der Waals surface area contributed by atoms with Gasteiger partial charge in [-0.05, 0) is 19.4 Å². The minimum Gasteiger partial charge on any atom is -0.460 e. The summed E-state index contributed by atoms with van der Waals surface area (Å²) in [7, 11) is 0. The van der Waals surface area contributed by atoms with E-state index >= 15 is 0 Å². The van der Waals surface area contributed by atoms with Gasteiger partial charge in [-0.1, -0.05) is 30.3 Å². The first-order valence-corrected chi connectivity index (χ1v) is 6.43. The summed E-state index contributed by atoms with van der Waals surface area (Å²) in [5.41, 5.74) is 0.707. The Bertz CT molecular complexity index is 449. The summed E-state index contributed by atoms with van der Waals surface area (Å²) in [5, 5.41) is 11.5. The fourth-order valence-electron chi connectivity index (χ4n) is 1.59. The number of hydrogen-bond donors (Lipinski definition) is 2. The molecular formula is C14H18F3NO3. The molecule has 0 radical (unpaired) electrons. The van der Waals surface area contributed by atoms with E-state index < -0.39 is 30.3 Å². The predicted molar refractivity (Wildman–Crippen MR) is 70.4 cm³/mol. The Kier molecular flexibility index (Phi) is 6.17. The van der Waals surface area contributed by atoms with E-state index in [2.05, 4.69) is 0 Å². The molecule has 0 saturated heterocycles. The maximum absolute atomic E-state index is 12.5. The summed E-state index contributed by atoms with van der Waals surface area (Å²) >= 11 is 0. The Hall–Kier alpha value is -1.60. The molecule has 3 atom stereocenters. The molecule has 1 aromatic carbocycles. The number of carbonyl (C=O) groups is 1. The van der Waals surface area contributed by atoms with E-state index in [0.29, 0.717) is 5.56 Å². The lowest BCUT2D eigenvalue weighted by molar-refractivity contribution is -0.164. The number of aliphatic hydroxyl groups excluding tert-OH is 1. The summed E-state index contributed by atoms with van der Waals surface area (Å²) in [6.45, 7) is 2.04. The highest BCUT2D eigenvalue weighted by molar-refractivity contribution is 5.76. The number of nitrogens with one attached hydrogen (secondary N) is 1. The van der Waals surface area contributed by atoms with Gasteiger partial charge in [0.2, 0.25) is 0 Å². The van der Waals surface area contributed by atoms with E-state index in [9.17, 15) is 23.1 Å². The van der Waals surface area contributed by atoms with Crippen molar-refractivity contribution in [1.82, 2.24) is 5.32 Å². The van der Waals surface area contributed by atoms with Gasteiger partial charge >= 0.3 is 12.1 Å². The lowest BCUT2D eigenvalue weighted by Crippen LogP contribution is -2.53. The lowest BCUT2D eigenvalue weighted by atomic mass is 10.1. The van der Waals surface area contributed by atoms with Gasteiger partial charge in [-0.2, -0.15) is 13.2 Å². The van der Waals surface area contributed by atoms with Crippen molar-refractivity contribution < 1.29 is 27.8 Å². The maximum Gasteiger partial charge on any atom is 0.403 e. The molecule has 21 heavy (non-hydrogen) atoms. The highest BCUT2D eigenvalue weighted by Gasteiger charge is 2.39. The van der Waals surface area contributed by atoms with Crippen LogP contribution < -0.4 is 5.32 Å². The van der Waals surface area contributed by atoms with Crippen LogP contribution in [0, 0.1) is 0 Å². The van der Waals surface area contributed by atoms with Gasteiger partial charge in [-0.25, -0.2) is 0 Å². The zero-order valence-corrected chi connectivity index (χ0v) is 11.7. The van der Waals surface area contributed by atoms with Crippen molar-refractivity contribution in [1.29, 1.82) is 0 Å². The molecule has 0 bridgehead atoms. The first-order valence-electron chi connectivity index (χ1n) is 6.43. The van der Waals surface area contributed by atoms with Crippen LogP contribution in [0.25, 0.3) is 0 Å². The van der Waals surface area contributed by atoms with Gasteiger partial charge in [0.05, 0.1) is 6.10 Å². The Balaban J connectivity index is 2.62.